The Bertz CT molecular complexity index is 768. The van der Waals surface area contributed by atoms with Gasteiger partial charge in [0.05, 0.1) is 16.6 Å². The Hall–Kier alpha value is -1.85. The maximum absolute atomic E-state index is 12.0. The Morgan fingerprint density at radius 1 is 1.24 bits per heavy atom. The number of rotatable bonds is 4. The largest absolute Gasteiger partial charge is 0.302 e. The van der Waals surface area contributed by atoms with Gasteiger partial charge in [0.25, 0.3) is 0 Å². The van der Waals surface area contributed by atoms with Gasteiger partial charge in [0.15, 0.2) is 5.13 Å². The number of fused-ring (bicyclic) bond motifs is 1. The summed E-state index contributed by atoms with van der Waals surface area (Å²) in [5.41, 5.74) is 1.92. The lowest BCUT2D eigenvalue weighted by molar-refractivity contribution is -0.115. The number of benzene rings is 2. The Balaban J connectivity index is 1.74. The number of thiazole rings is 1. The predicted octanol–water partition coefficient (Wildman–Crippen LogP) is 4.20. The maximum Gasteiger partial charge on any atom is 0.230 e. The van der Waals surface area contributed by atoms with Gasteiger partial charge in [-0.1, -0.05) is 41.7 Å². The van der Waals surface area contributed by atoms with Gasteiger partial charge in [0.2, 0.25) is 5.91 Å². The van der Waals surface area contributed by atoms with Gasteiger partial charge in [0, 0.05) is 4.90 Å². The highest BCUT2D eigenvalue weighted by molar-refractivity contribution is 7.98. The molecule has 0 spiro atoms. The molecule has 106 valence electrons. The van der Waals surface area contributed by atoms with Crippen molar-refractivity contribution in [3.63, 3.8) is 0 Å². The lowest BCUT2D eigenvalue weighted by Crippen LogP contribution is -2.13. The zero-order valence-electron chi connectivity index (χ0n) is 11.5. The van der Waals surface area contributed by atoms with Crippen LogP contribution >= 0.6 is 23.1 Å². The third-order valence-corrected chi connectivity index (χ3v) is 4.71. The first-order chi connectivity index (χ1) is 10.2. The van der Waals surface area contributed by atoms with Crippen molar-refractivity contribution in [2.75, 3.05) is 11.6 Å². The lowest BCUT2D eigenvalue weighted by atomic mass is 10.1. The molecular weight excluding hydrogens is 300 g/mol. The SMILES string of the molecule is CSc1ccc2nc(NC(=O)Cc3ccccc3)sc2c1. The number of carbonyl (C=O) groups is 1. The third kappa shape index (κ3) is 3.43. The average molecular weight is 314 g/mol. The van der Waals surface area contributed by atoms with E-state index in [1.165, 1.54) is 16.2 Å². The van der Waals surface area contributed by atoms with Gasteiger partial charge in [-0.3, -0.25) is 4.79 Å². The lowest BCUT2D eigenvalue weighted by Gasteiger charge is -2.01. The molecule has 1 aromatic heterocycles. The summed E-state index contributed by atoms with van der Waals surface area (Å²) in [6.07, 6.45) is 2.41. The fraction of sp³-hybridized carbons (Fsp3) is 0.125. The van der Waals surface area contributed by atoms with E-state index in [0.717, 1.165) is 15.8 Å². The Labute approximate surface area is 131 Å². The number of aromatic nitrogens is 1. The molecule has 1 N–H and O–H groups in total. The minimum atomic E-state index is -0.0367. The summed E-state index contributed by atoms with van der Waals surface area (Å²) in [4.78, 5) is 17.7. The predicted molar refractivity (Wildman–Crippen MR) is 90.2 cm³/mol. The van der Waals surface area contributed by atoms with Crippen molar-refractivity contribution in [3.05, 3.63) is 54.1 Å². The number of nitrogens with zero attached hydrogens (tertiary/aromatic N) is 1. The second kappa shape index (κ2) is 6.28. The van der Waals surface area contributed by atoms with E-state index in [1.54, 1.807) is 11.8 Å². The van der Waals surface area contributed by atoms with Crippen molar-refractivity contribution in [1.82, 2.24) is 4.98 Å². The van der Waals surface area contributed by atoms with Crippen LogP contribution in [0.25, 0.3) is 10.2 Å². The minimum absolute atomic E-state index is 0.0367. The van der Waals surface area contributed by atoms with Crippen molar-refractivity contribution < 1.29 is 4.79 Å². The summed E-state index contributed by atoms with van der Waals surface area (Å²) in [7, 11) is 0. The van der Waals surface area contributed by atoms with Crippen LogP contribution in [-0.4, -0.2) is 17.1 Å². The molecule has 0 aliphatic carbocycles. The van der Waals surface area contributed by atoms with Crippen molar-refractivity contribution in [2.24, 2.45) is 0 Å². The number of nitrogens with one attached hydrogen (secondary N) is 1. The molecule has 0 saturated heterocycles. The van der Waals surface area contributed by atoms with Crippen molar-refractivity contribution in [2.45, 2.75) is 11.3 Å². The van der Waals surface area contributed by atoms with Gasteiger partial charge >= 0.3 is 0 Å². The Morgan fingerprint density at radius 2 is 2.05 bits per heavy atom. The highest BCUT2D eigenvalue weighted by Crippen LogP contribution is 2.29. The highest BCUT2D eigenvalue weighted by Gasteiger charge is 2.09. The maximum atomic E-state index is 12.0. The molecule has 5 heteroatoms. The molecule has 0 saturated carbocycles. The fourth-order valence-corrected chi connectivity index (χ4v) is 3.47. The van der Waals surface area contributed by atoms with Gasteiger partial charge in [-0.15, -0.1) is 11.8 Å². The number of anilines is 1. The smallest absolute Gasteiger partial charge is 0.230 e. The molecule has 3 nitrogen and oxygen atoms in total. The van der Waals surface area contributed by atoms with E-state index in [4.69, 9.17) is 0 Å². The van der Waals surface area contributed by atoms with Crippen LogP contribution in [0.5, 0.6) is 0 Å². The van der Waals surface area contributed by atoms with Crippen LogP contribution < -0.4 is 5.32 Å². The number of hydrogen-bond acceptors (Lipinski definition) is 4. The summed E-state index contributed by atoms with van der Waals surface area (Å²) in [6.45, 7) is 0. The second-order valence-corrected chi connectivity index (χ2v) is 6.47. The number of hydrogen-bond donors (Lipinski definition) is 1. The standard InChI is InChI=1S/C16H14N2OS2/c1-20-12-7-8-13-14(10-12)21-16(17-13)18-15(19)9-11-5-3-2-4-6-11/h2-8,10H,9H2,1H3,(H,17,18,19). The molecule has 3 aromatic rings. The summed E-state index contributed by atoms with van der Waals surface area (Å²) in [6, 6.07) is 15.8. The molecule has 21 heavy (non-hydrogen) atoms. The zero-order valence-corrected chi connectivity index (χ0v) is 13.1. The average Bonchev–Trinajstić information content (AvgIpc) is 2.89. The summed E-state index contributed by atoms with van der Waals surface area (Å²) in [5.74, 6) is -0.0367. The molecule has 0 fully saturated rings. The van der Waals surface area contributed by atoms with Crippen LogP contribution in [-0.2, 0) is 11.2 Å². The number of carbonyl (C=O) groups excluding carboxylic acids is 1. The zero-order chi connectivity index (χ0) is 14.7. The van der Waals surface area contributed by atoms with Gasteiger partial charge in [0.1, 0.15) is 0 Å². The first kappa shape index (κ1) is 14.1. The second-order valence-electron chi connectivity index (χ2n) is 4.56. The molecular formula is C16H14N2OS2. The third-order valence-electron chi connectivity index (χ3n) is 3.05. The molecule has 0 radical (unpaired) electrons. The molecule has 0 unspecified atom stereocenters. The Kier molecular flexibility index (Phi) is 4.22. The summed E-state index contributed by atoms with van der Waals surface area (Å²) < 4.78 is 1.09. The number of thioether (sulfide) groups is 1. The van der Waals surface area contributed by atoms with E-state index in [2.05, 4.69) is 16.4 Å². The summed E-state index contributed by atoms with van der Waals surface area (Å²) >= 11 is 3.21. The molecule has 0 atom stereocenters. The van der Waals surface area contributed by atoms with E-state index < -0.39 is 0 Å². The van der Waals surface area contributed by atoms with Crippen molar-refractivity contribution in [3.8, 4) is 0 Å². The molecule has 1 heterocycles. The molecule has 0 aliphatic heterocycles. The van der Waals surface area contributed by atoms with Gasteiger partial charge in [-0.2, -0.15) is 0 Å². The van der Waals surface area contributed by atoms with Crippen molar-refractivity contribution in [1.29, 1.82) is 0 Å². The topological polar surface area (TPSA) is 42.0 Å². The van der Waals surface area contributed by atoms with Crippen LogP contribution in [0.2, 0.25) is 0 Å². The minimum Gasteiger partial charge on any atom is -0.302 e. The first-order valence-electron chi connectivity index (χ1n) is 6.53. The van der Waals surface area contributed by atoms with E-state index >= 15 is 0 Å². The van der Waals surface area contributed by atoms with Gasteiger partial charge < -0.3 is 5.32 Å². The first-order valence-corrected chi connectivity index (χ1v) is 8.57. The van der Waals surface area contributed by atoms with E-state index in [-0.39, 0.29) is 5.91 Å². The molecule has 0 bridgehead atoms. The van der Waals surface area contributed by atoms with E-state index in [0.29, 0.717) is 11.6 Å². The van der Waals surface area contributed by atoms with Gasteiger partial charge in [-0.05, 0) is 30.0 Å². The molecule has 0 aliphatic rings. The van der Waals surface area contributed by atoms with Crippen LogP contribution in [0.1, 0.15) is 5.56 Å². The molecule has 1 amide bonds. The fourth-order valence-electron chi connectivity index (χ4n) is 2.03. The van der Waals surface area contributed by atoms with E-state index in [9.17, 15) is 4.79 Å². The monoisotopic (exact) mass is 314 g/mol. The number of amides is 1. The Morgan fingerprint density at radius 3 is 2.81 bits per heavy atom. The van der Waals surface area contributed by atoms with Crippen molar-refractivity contribution >= 4 is 44.4 Å². The van der Waals surface area contributed by atoms with Crippen LogP contribution in [0.15, 0.2) is 53.4 Å². The van der Waals surface area contributed by atoms with Gasteiger partial charge in [-0.25, -0.2) is 4.98 Å². The van der Waals surface area contributed by atoms with Crippen LogP contribution in [0.3, 0.4) is 0 Å². The highest BCUT2D eigenvalue weighted by atomic mass is 32.2. The van der Waals surface area contributed by atoms with E-state index in [1.807, 2.05) is 48.7 Å². The van der Waals surface area contributed by atoms with Crippen LogP contribution in [0.4, 0.5) is 5.13 Å². The molecule has 2 aromatic carbocycles. The normalized spacial score (nSPS) is 10.7. The molecule has 3 rings (SSSR count). The summed E-state index contributed by atoms with van der Waals surface area (Å²) in [5, 5.41) is 3.54. The quantitative estimate of drug-likeness (QED) is 0.734. The van der Waals surface area contributed by atoms with Crippen LogP contribution in [0, 0.1) is 0 Å².